The van der Waals surface area contributed by atoms with Gasteiger partial charge >= 0.3 is 0 Å². The van der Waals surface area contributed by atoms with Gasteiger partial charge in [0.05, 0.1) is 5.69 Å². The van der Waals surface area contributed by atoms with Crippen molar-refractivity contribution in [1.29, 1.82) is 0 Å². The van der Waals surface area contributed by atoms with Gasteiger partial charge in [-0.2, -0.15) is 0 Å². The number of benzene rings is 1. The number of piperidine rings is 1. The van der Waals surface area contributed by atoms with E-state index in [9.17, 15) is 4.79 Å². The summed E-state index contributed by atoms with van der Waals surface area (Å²) in [7, 11) is 1.78. The molecule has 1 amide bonds. The number of hydrogen-bond acceptors (Lipinski definition) is 4. The van der Waals surface area contributed by atoms with Crippen molar-refractivity contribution < 1.29 is 9.32 Å². The molecule has 3 rings (SSSR count). The predicted molar refractivity (Wildman–Crippen MR) is 89.5 cm³/mol. The van der Waals surface area contributed by atoms with Gasteiger partial charge < -0.3 is 14.3 Å². The van der Waals surface area contributed by atoms with Crippen LogP contribution in [0.5, 0.6) is 0 Å². The van der Waals surface area contributed by atoms with E-state index in [1.807, 2.05) is 0 Å². The molecule has 2 aromatic rings. The number of hydrogen-bond donors (Lipinski definition) is 0. The van der Waals surface area contributed by atoms with Crippen LogP contribution in [0.1, 0.15) is 41.1 Å². The molecule has 0 spiro atoms. The van der Waals surface area contributed by atoms with Crippen LogP contribution in [0, 0.1) is 6.92 Å². The molecule has 0 unspecified atom stereocenters. The zero-order valence-electron chi connectivity index (χ0n) is 13.8. The van der Waals surface area contributed by atoms with Gasteiger partial charge in [0.25, 0.3) is 5.91 Å². The lowest BCUT2D eigenvalue weighted by Crippen LogP contribution is -2.29. The van der Waals surface area contributed by atoms with Crippen molar-refractivity contribution in [2.75, 3.05) is 25.0 Å². The molecule has 0 aliphatic carbocycles. The van der Waals surface area contributed by atoms with Crippen molar-refractivity contribution in [2.45, 2.75) is 32.7 Å². The second-order valence-electron chi connectivity index (χ2n) is 6.21. The lowest BCUT2D eigenvalue weighted by atomic mass is 10.1. The maximum atomic E-state index is 12.3. The number of amides is 1. The van der Waals surface area contributed by atoms with Crippen LogP contribution in [-0.2, 0) is 6.54 Å². The molecular formula is C18H23N3O2. The number of aromatic nitrogens is 1. The first-order valence-corrected chi connectivity index (χ1v) is 8.16. The van der Waals surface area contributed by atoms with Gasteiger partial charge in [-0.15, -0.1) is 0 Å². The molecule has 122 valence electrons. The van der Waals surface area contributed by atoms with Gasteiger partial charge in [0.1, 0.15) is 0 Å². The fraction of sp³-hybridized carbons (Fsp3) is 0.444. The topological polar surface area (TPSA) is 49.6 Å². The van der Waals surface area contributed by atoms with Crippen molar-refractivity contribution in [2.24, 2.45) is 0 Å². The van der Waals surface area contributed by atoms with Gasteiger partial charge in [0, 0.05) is 38.4 Å². The highest BCUT2D eigenvalue weighted by atomic mass is 16.5. The second kappa shape index (κ2) is 6.86. The second-order valence-corrected chi connectivity index (χ2v) is 6.21. The SMILES string of the molecule is Cc1cc(C(=O)N(C)Cc2ccc(N3CCCCC3)cc2)on1. The number of carbonyl (C=O) groups excluding carboxylic acids is 1. The van der Waals surface area contributed by atoms with Crippen LogP contribution in [-0.4, -0.2) is 36.1 Å². The van der Waals surface area contributed by atoms with Crippen LogP contribution < -0.4 is 4.90 Å². The van der Waals surface area contributed by atoms with E-state index >= 15 is 0 Å². The first kappa shape index (κ1) is 15.6. The Balaban J connectivity index is 1.62. The van der Waals surface area contributed by atoms with Crippen molar-refractivity contribution in [3.8, 4) is 0 Å². The fourth-order valence-electron chi connectivity index (χ4n) is 2.96. The van der Waals surface area contributed by atoms with Crippen molar-refractivity contribution >= 4 is 11.6 Å². The summed E-state index contributed by atoms with van der Waals surface area (Å²) in [6.45, 7) is 4.64. The van der Waals surface area contributed by atoms with Gasteiger partial charge in [0.2, 0.25) is 5.76 Å². The van der Waals surface area contributed by atoms with Crippen LogP contribution in [0.25, 0.3) is 0 Å². The van der Waals surface area contributed by atoms with E-state index in [4.69, 9.17) is 4.52 Å². The molecule has 0 bridgehead atoms. The van der Waals surface area contributed by atoms with Crippen LogP contribution >= 0.6 is 0 Å². The van der Waals surface area contributed by atoms with Crippen molar-refractivity contribution in [3.63, 3.8) is 0 Å². The third-order valence-corrected chi connectivity index (χ3v) is 4.26. The largest absolute Gasteiger partial charge is 0.372 e. The minimum Gasteiger partial charge on any atom is -0.372 e. The minimum atomic E-state index is -0.147. The summed E-state index contributed by atoms with van der Waals surface area (Å²) < 4.78 is 5.04. The van der Waals surface area contributed by atoms with Gasteiger partial charge in [-0.25, -0.2) is 0 Å². The van der Waals surface area contributed by atoms with E-state index in [2.05, 4.69) is 34.3 Å². The summed E-state index contributed by atoms with van der Waals surface area (Å²) in [4.78, 5) is 16.3. The number of carbonyl (C=O) groups is 1. The van der Waals surface area contributed by atoms with Crippen LogP contribution in [0.15, 0.2) is 34.9 Å². The number of rotatable bonds is 4. The maximum absolute atomic E-state index is 12.3. The summed E-state index contributed by atoms with van der Waals surface area (Å²) in [5, 5.41) is 3.76. The molecule has 1 aromatic heterocycles. The predicted octanol–water partition coefficient (Wildman–Crippen LogP) is 3.25. The Labute approximate surface area is 136 Å². The minimum absolute atomic E-state index is 0.147. The number of aryl methyl sites for hydroxylation is 1. The molecule has 0 atom stereocenters. The molecule has 1 saturated heterocycles. The van der Waals surface area contributed by atoms with E-state index in [-0.39, 0.29) is 11.7 Å². The first-order chi connectivity index (χ1) is 11.1. The van der Waals surface area contributed by atoms with E-state index in [0.717, 1.165) is 18.7 Å². The average Bonchev–Trinajstić information content (AvgIpc) is 3.02. The lowest BCUT2D eigenvalue weighted by molar-refractivity contribution is 0.0743. The van der Waals surface area contributed by atoms with Gasteiger partial charge in [-0.3, -0.25) is 4.79 Å². The Morgan fingerprint density at radius 3 is 2.52 bits per heavy atom. The molecule has 1 aliphatic rings. The zero-order valence-corrected chi connectivity index (χ0v) is 13.8. The summed E-state index contributed by atoms with van der Waals surface area (Å²) in [6, 6.07) is 10.2. The zero-order chi connectivity index (χ0) is 16.2. The number of anilines is 1. The highest BCUT2D eigenvalue weighted by Crippen LogP contribution is 2.20. The normalized spacial score (nSPS) is 14.8. The molecular weight excluding hydrogens is 290 g/mol. The standard InChI is InChI=1S/C18H23N3O2/c1-14-12-17(23-19-14)18(22)20(2)13-15-6-8-16(9-7-15)21-10-4-3-5-11-21/h6-9,12H,3-5,10-11,13H2,1-2H3. The van der Waals surface area contributed by atoms with E-state index < -0.39 is 0 Å². The molecule has 5 heteroatoms. The molecule has 0 radical (unpaired) electrons. The van der Waals surface area contributed by atoms with Crippen molar-refractivity contribution in [1.82, 2.24) is 10.1 Å². The summed E-state index contributed by atoms with van der Waals surface area (Å²) in [6.07, 6.45) is 3.88. The van der Waals surface area contributed by atoms with Crippen LogP contribution in [0.3, 0.4) is 0 Å². The summed E-state index contributed by atoms with van der Waals surface area (Å²) in [5.74, 6) is 0.139. The van der Waals surface area contributed by atoms with Crippen molar-refractivity contribution in [3.05, 3.63) is 47.3 Å². The average molecular weight is 313 g/mol. The Bertz CT molecular complexity index is 657. The quantitative estimate of drug-likeness (QED) is 0.869. The van der Waals surface area contributed by atoms with E-state index in [0.29, 0.717) is 12.2 Å². The lowest BCUT2D eigenvalue weighted by Gasteiger charge is -2.29. The maximum Gasteiger partial charge on any atom is 0.292 e. The Morgan fingerprint density at radius 2 is 1.91 bits per heavy atom. The van der Waals surface area contributed by atoms with Crippen LogP contribution in [0.2, 0.25) is 0 Å². The molecule has 23 heavy (non-hydrogen) atoms. The smallest absolute Gasteiger partial charge is 0.292 e. The molecule has 5 nitrogen and oxygen atoms in total. The monoisotopic (exact) mass is 313 g/mol. The van der Waals surface area contributed by atoms with Gasteiger partial charge in [-0.05, 0) is 43.9 Å². The van der Waals surface area contributed by atoms with E-state index in [1.54, 1.807) is 24.9 Å². The molecule has 1 aromatic carbocycles. The molecule has 1 fully saturated rings. The van der Waals surface area contributed by atoms with Crippen LogP contribution in [0.4, 0.5) is 5.69 Å². The number of nitrogens with zero attached hydrogens (tertiary/aromatic N) is 3. The first-order valence-electron chi connectivity index (χ1n) is 8.16. The fourth-order valence-corrected chi connectivity index (χ4v) is 2.96. The van der Waals surface area contributed by atoms with E-state index in [1.165, 1.54) is 24.9 Å². The third kappa shape index (κ3) is 3.73. The molecule has 1 aliphatic heterocycles. The molecule has 0 N–H and O–H groups in total. The molecule has 2 heterocycles. The highest BCUT2D eigenvalue weighted by Gasteiger charge is 2.17. The summed E-state index contributed by atoms with van der Waals surface area (Å²) >= 11 is 0. The summed E-state index contributed by atoms with van der Waals surface area (Å²) in [5.41, 5.74) is 3.10. The van der Waals surface area contributed by atoms with Gasteiger partial charge in [-0.1, -0.05) is 17.3 Å². The molecule has 0 saturated carbocycles. The Morgan fingerprint density at radius 1 is 1.22 bits per heavy atom. The third-order valence-electron chi connectivity index (χ3n) is 4.26. The Kier molecular flexibility index (Phi) is 4.65. The van der Waals surface area contributed by atoms with Gasteiger partial charge in [0.15, 0.2) is 0 Å². The Hall–Kier alpha value is -2.30. The highest BCUT2D eigenvalue weighted by molar-refractivity contribution is 5.91.